The topological polar surface area (TPSA) is 69.3 Å². The van der Waals surface area contributed by atoms with Crippen LogP contribution in [0.3, 0.4) is 0 Å². The number of hydrogen-bond donors (Lipinski definition) is 1. The molecular weight excluding hydrogens is 404 g/mol. The number of halogens is 2. The van der Waals surface area contributed by atoms with Gasteiger partial charge in [-0.15, -0.1) is 0 Å². The number of ether oxygens (including phenoxy) is 1. The molecule has 1 atom stereocenters. The number of benzene rings is 2. The monoisotopic (exact) mass is 425 g/mol. The number of carbonyl (C=O) groups excluding carboxylic acids is 1. The predicted molar refractivity (Wildman–Crippen MR) is 112 cm³/mol. The van der Waals surface area contributed by atoms with Crippen molar-refractivity contribution in [2.45, 2.75) is 38.8 Å². The van der Waals surface area contributed by atoms with Gasteiger partial charge in [-0.05, 0) is 62.1 Å². The third kappa shape index (κ3) is 3.62. The third-order valence-electron chi connectivity index (χ3n) is 5.70. The van der Waals surface area contributed by atoms with E-state index in [2.05, 4.69) is 10.3 Å². The zero-order chi connectivity index (χ0) is 21.5. The maximum atomic E-state index is 14.0. The molecule has 1 aliphatic carbocycles. The van der Waals surface area contributed by atoms with Gasteiger partial charge in [0, 0.05) is 28.7 Å². The van der Waals surface area contributed by atoms with Crippen LogP contribution in [0.2, 0.25) is 0 Å². The number of nitrogens with one attached hydrogen (secondary N) is 1. The first-order valence-electron chi connectivity index (χ1n) is 10.3. The maximum Gasteiger partial charge on any atom is 0.325 e. The van der Waals surface area contributed by atoms with Gasteiger partial charge in [-0.1, -0.05) is 0 Å². The molecule has 160 valence electrons. The average molecular weight is 425 g/mol. The van der Waals surface area contributed by atoms with Gasteiger partial charge in [-0.2, -0.15) is 4.98 Å². The molecule has 2 aromatic heterocycles. The second-order valence-electron chi connectivity index (χ2n) is 7.69. The molecule has 0 fully saturated rings. The highest BCUT2D eigenvalue weighted by atomic mass is 19.1. The Morgan fingerprint density at radius 1 is 1.26 bits per heavy atom. The molecule has 0 amide bonds. The molecule has 1 N–H and O–H groups in total. The Kier molecular flexibility index (Phi) is 4.84. The van der Waals surface area contributed by atoms with Crippen LogP contribution in [0, 0.1) is 11.6 Å². The normalized spacial score (nSPS) is 15.9. The van der Waals surface area contributed by atoms with Gasteiger partial charge in [-0.25, -0.2) is 8.78 Å². The highest BCUT2D eigenvalue weighted by Gasteiger charge is 2.27. The number of aromatic nitrogens is 2. The van der Waals surface area contributed by atoms with Crippen molar-refractivity contribution < 1.29 is 22.7 Å². The van der Waals surface area contributed by atoms with Gasteiger partial charge in [0.15, 0.2) is 5.58 Å². The van der Waals surface area contributed by atoms with E-state index in [1.54, 1.807) is 19.1 Å². The molecule has 4 aromatic rings. The summed E-state index contributed by atoms with van der Waals surface area (Å²) in [5, 5.41) is 4.08. The lowest BCUT2D eigenvalue weighted by Gasteiger charge is -2.24. The quantitative estimate of drug-likeness (QED) is 0.474. The predicted octanol–water partition coefficient (Wildman–Crippen LogP) is 4.59. The fourth-order valence-electron chi connectivity index (χ4n) is 4.40. The van der Waals surface area contributed by atoms with Crippen molar-refractivity contribution >= 4 is 34.0 Å². The van der Waals surface area contributed by atoms with Crippen LogP contribution in [0.5, 0.6) is 0 Å². The molecule has 0 bridgehead atoms. The zero-order valence-electron chi connectivity index (χ0n) is 17.0. The summed E-state index contributed by atoms with van der Waals surface area (Å²) in [5.41, 5.74) is 3.80. The molecule has 0 unspecified atom stereocenters. The number of fused-ring (bicyclic) bond motifs is 4. The standard InChI is InChI=1S/C23H21F2N3O3/c1-2-30-22(29)12-28-19-7-4-13(24)9-16(19)17-11-15(5-8-20(17)28)26-23-27-18-6-3-14(25)10-21(18)31-23/h3-4,6-7,9-10,15H,2,5,8,11-12H2,1H3,(H,26,27)/t15-/m0/s1. The van der Waals surface area contributed by atoms with Crippen LogP contribution in [0.15, 0.2) is 40.8 Å². The number of rotatable bonds is 5. The lowest BCUT2D eigenvalue weighted by atomic mass is 9.91. The minimum absolute atomic E-state index is 0.00956. The van der Waals surface area contributed by atoms with Gasteiger partial charge >= 0.3 is 5.97 Å². The van der Waals surface area contributed by atoms with Gasteiger partial charge in [0.25, 0.3) is 6.01 Å². The molecule has 2 heterocycles. The Morgan fingerprint density at radius 2 is 2.06 bits per heavy atom. The van der Waals surface area contributed by atoms with Gasteiger partial charge in [0.2, 0.25) is 0 Å². The largest absolute Gasteiger partial charge is 0.465 e. The van der Waals surface area contributed by atoms with E-state index >= 15 is 0 Å². The fraction of sp³-hybridized carbons (Fsp3) is 0.304. The first-order chi connectivity index (χ1) is 15.0. The van der Waals surface area contributed by atoms with E-state index in [1.165, 1.54) is 24.3 Å². The second-order valence-corrected chi connectivity index (χ2v) is 7.69. The molecule has 0 saturated heterocycles. The number of nitrogens with zero attached hydrogens (tertiary/aromatic N) is 2. The van der Waals surface area contributed by atoms with Crippen LogP contribution >= 0.6 is 0 Å². The highest BCUT2D eigenvalue weighted by molar-refractivity contribution is 5.87. The number of carbonyl (C=O) groups is 1. The summed E-state index contributed by atoms with van der Waals surface area (Å²) >= 11 is 0. The summed E-state index contributed by atoms with van der Waals surface area (Å²) in [6.07, 6.45) is 2.11. The molecule has 31 heavy (non-hydrogen) atoms. The first kappa shape index (κ1) is 19.5. The molecule has 6 nitrogen and oxygen atoms in total. The zero-order valence-corrected chi connectivity index (χ0v) is 17.0. The summed E-state index contributed by atoms with van der Waals surface area (Å²) in [6, 6.07) is 9.19. The number of anilines is 1. The lowest BCUT2D eigenvalue weighted by Crippen LogP contribution is -2.28. The van der Waals surface area contributed by atoms with Gasteiger partial charge in [0.05, 0.1) is 6.61 Å². The average Bonchev–Trinajstić information content (AvgIpc) is 3.26. The van der Waals surface area contributed by atoms with Gasteiger partial charge < -0.3 is 19.0 Å². The molecule has 8 heteroatoms. The molecule has 1 aliphatic rings. The molecule has 2 aromatic carbocycles. The van der Waals surface area contributed by atoms with E-state index in [4.69, 9.17) is 9.15 Å². The van der Waals surface area contributed by atoms with Crippen molar-refractivity contribution in [1.29, 1.82) is 0 Å². The van der Waals surface area contributed by atoms with Crippen molar-refractivity contribution in [3.63, 3.8) is 0 Å². The smallest absolute Gasteiger partial charge is 0.325 e. The van der Waals surface area contributed by atoms with Gasteiger partial charge in [-0.3, -0.25) is 4.79 Å². The SMILES string of the molecule is CCOC(=O)Cn1c2c(c3cc(F)ccc31)C[C@@H](Nc1nc3ccc(F)cc3o1)CC2. The van der Waals surface area contributed by atoms with Crippen LogP contribution in [-0.2, 0) is 28.9 Å². The minimum atomic E-state index is -0.381. The summed E-state index contributed by atoms with van der Waals surface area (Å²) in [5.74, 6) is -1.01. The molecule has 0 radical (unpaired) electrons. The van der Waals surface area contributed by atoms with Crippen LogP contribution in [0.1, 0.15) is 24.6 Å². The molecule has 0 saturated carbocycles. The van der Waals surface area contributed by atoms with Crippen molar-refractivity contribution in [3.05, 3.63) is 59.3 Å². The Balaban J connectivity index is 1.46. The molecule has 5 rings (SSSR count). The maximum absolute atomic E-state index is 14.0. The van der Waals surface area contributed by atoms with Crippen molar-refractivity contribution in [2.24, 2.45) is 0 Å². The summed E-state index contributed by atoms with van der Waals surface area (Å²) in [4.78, 5) is 16.5. The Hall–Kier alpha value is -3.42. The number of esters is 1. The van der Waals surface area contributed by atoms with Crippen LogP contribution in [0.4, 0.5) is 14.8 Å². The number of oxazole rings is 1. The van der Waals surface area contributed by atoms with Crippen molar-refractivity contribution in [1.82, 2.24) is 9.55 Å². The highest BCUT2D eigenvalue weighted by Crippen LogP contribution is 2.34. The summed E-state index contributed by atoms with van der Waals surface area (Å²) < 4.78 is 40.1. The summed E-state index contributed by atoms with van der Waals surface area (Å²) in [6.45, 7) is 2.18. The van der Waals surface area contributed by atoms with E-state index in [-0.39, 0.29) is 30.2 Å². The lowest BCUT2D eigenvalue weighted by molar-refractivity contribution is -0.143. The summed E-state index contributed by atoms with van der Waals surface area (Å²) in [7, 11) is 0. The van der Waals surface area contributed by atoms with Crippen LogP contribution in [-0.4, -0.2) is 28.2 Å². The van der Waals surface area contributed by atoms with E-state index < -0.39 is 0 Å². The van der Waals surface area contributed by atoms with Crippen molar-refractivity contribution in [2.75, 3.05) is 11.9 Å². The fourth-order valence-corrected chi connectivity index (χ4v) is 4.40. The van der Waals surface area contributed by atoms with E-state index in [1.807, 2.05) is 4.57 Å². The molecular formula is C23H21F2N3O3. The third-order valence-corrected chi connectivity index (χ3v) is 5.70. The van der Waals surface area contributed by atoms with E-state index in [0.717, 1.165) is 28.6 Å². The molecule has 0 aliphatic heterocycles. The van der Waals surface area contributed by atoms with E-state index in [9.17, 15) is 13.6 Å². The molecule has 0 spiro atoms. The van der Waals surface area contributed by atoms with Gasteiger partial charge in [0.1, 0.15) is 23.7 Å². The second kappa shape index (κ2) is 7.68. The Labute approximate surface area is 176 Å². The van der Waals surface area contributed by atoms with Crippen LogP contribution < -0.4 is 5.32 Å². The van der Waals surface area contributed by atoms with Crippen molar-refractivity contribution in [3.8, 4) is 0 Å². The Morgan fingerprint density at radius 3 is 2.90 bits per heavy atom. The van der Waals surface area contributed by atoms with E-state index in [0.29, 0.717) is 36.6 Å². The minimum Gasteiger partial charge on any atom is -0.465 e. The number of hydrogen-bond acceptors (Lipinski definition) is 5. The Bertz CT molecular complexity index is 1290. The van der Waals surface area contributed by atoms with Crippen LogP contribution in [0.25, 0.3) is 22.0 Å². The first-order valence-corrected chi connectivity index (χ1v) is 10.3.